The van der Waals surface area contributed by atoms with Crippen molar-refractivity contribution in [3.8, 4) is 0 Å². The zero-order valence-electron chi connectivity index (χ0n) is 9.37. The number of piperidine rings is 1. The summed E-state index contributed by atoms with van der Waals surface area (Å²) in [6, 6.07) is 2.20. The van der Waals surface area contributed by atoms with E-state index in [1.165, 1.54) is 12.8 Å². The molecule has 1 aliphatic heterocycles. The van der Waals surface area contributed by atoms with E-state index in [1.54, 1.807) is 0 Å². The Labute approximate surface area is 103 Å². The Morgan fingerprint density at radius 1 is 1.62 bits per heavy atom. The van der Waals surface area contributed by atoms with Crippen LogP contribution in [0.3, 0.4) is 0 Å². The smallest absolute Gasteiger partial charge is 0.278 e. The first-order valence-corrected chi connectivity index (χ1v) is 6.51. The molecule has 5 heteroatoms. The van der Waals surface area contributed by atoms with Gasteiger partial charge in [0.15, 0.2) is 0 Å². The molecule has 1 atom stereocenters. The van der Waals surface area contributed by atoms with Crippen molar-refractivity contribution < 1.29 is 0 Å². The lowest BCUT2D eigenvalue weighted by Crippen LogP contribution is -2.34. The van der Waals surface area contributed by atoms with Gasteiger partial charge in [0, 0.05) is 0 Å². The monoisotopic (exact) mass is 285 g/mol. The lowest BCUT2D eigenvalue weighted by molar-refractivity contribution is 0.153. The molecule has 2 rings (SSSR count). The molecular formula is C11H16BrN3O. The zero-order chi connectivity index (χ0) is 11.5. The van der Waals surface area contributed by atoms with Gasteiger partial charge in [0.1, 0.15) is 0 Å². The molecule has 88 valence electrons. The average Bonchev–Trinajstić information content (AvgIpc) is 2.32. The Morgan fingerprint density at radius 2 is 2.44 bits per heavy atom. The van der Waals surface area contributed by atoms with E-state index in [0.29, 0.717) is 10.5 Å². The van der Waals surface area contributed by atoms with Crippen LogP contribution in [-0.4, -0.2) is 28.2 Å². The molecule has 0 aliphatic carbocycles. The van der Waals surface area contributed by atoms with E-state index in [2.05, 4.69) is 38.0 Å². The van der Waals surface area contributed by atoms with Crippen LogP contribution in [0, 0.1) is 0 Å². The number of likely N-dealkylation sites (tertiary alicyclic amines) is 1. The SMILES string of the molecule is CCN1CCCCC1c1cc(Br)c(=O)[nH]n1. The fourth-order valence-corrected chi connectivity index (χ4v) is 2.59. The largest absolute Gasteiger partial charge is 0.295 e. The van der Waals surface area contributed by atoms with Gasteiger partial charge in [-0.2, -0.15) is 5.10 Å². The minimum atomic E-state index is -0.164. The highest BCUT2D eigenvalue weighted by Gasteiger charge is 2.24. The summed E-state index contributed by atoms with van der Waals surface area (Å²) in [5.74, 6) is 0. The van der Waals surface area contributed by atoms with Crippen LogP contribution in [0.4, 0.5) is 0 Å². The summed E-state index contributed by atoms with van der Waals surface area (Å²) in [5, 5.41) is 6.68. The second-order valence-corrected chi connectivity index (χ2v) is 4.96. The predicted molar refractivity (Wildman–Crippen MR) is 66.4 cm³/mol. The molecule has 1 N–H and O–H groups in total. The van der Waals surface area contributed by atoms with Gasteiger partial charge in [-0.25, -0.2) is 5.10 Å². The Bertz CT molecular complexity index is 418. The van der Waals surface area contributed by atoms with Gasteiger partial charge in [0.2, 0.25) is 0 Å². The maximum absolute atomic E-state index is 11.2. The summed E-state index contributed by atoms with van der Waals surface area (Å²) in [5.41, 5.74) is 0.802. The van der Waals surface area contributed by atoms with Crippen LogP contribution in [0.1, 0.15) is 37.9 Å². The molecule has 0 amide bonds. The van der Waals surface area contributed by atoms with Gasteiger partial charge in [0.25, 0.3) is 5.56 Å². The van der Waals surface area contributed by atoms with E-state index < -0.39 is 0 Å². The highest BCUT2D eigenvalue weighted by Crippen LogP contribution is 2.29. The van der Waals surface area contributed by atoms with Gasteiger partial charge in [-0.1, -0.05) is 13.3 Å². The van der Waals surface area contributed by atoms with Crippen molar-refractivity contribution in [1.29, 1.82) is 0 Å². The minimum absolute atomic E-state index is 0.164. The molecule has 2 heterocycles. The van der Waals surface area contributed by atoms with Crippen molar-refractivity contribution >= 4 is 15.9 Å². The summed E-state index contributed by atoms with van der Waals surface area (Å²) in [6.07, 6.45) is 3.62. The molecule has 0 bridgehead atoms. The van der Waals surface area contributed by atoms with E-state index in [-0.39, 0.29) is 5.56 Å². The second kappa shape index (κ2) is 5.10. The molecule has 1 unspecified atom stereocenters. The van der Waals surface area contributed by atoms with E-state index in [9.17, 15) is 4.79 Å². The number of hydrogen-bond acceptors (Lipinski definition) is 3. The Kier molecular flexibility index (Phi) is 3.76. The molecule has 16 heavy (non-hydrogen) atoms. The average molecular weight is 286 g/mol. The maximum atomic E-state index is 11.2. The van der Waals surface area contributed by atoms with E-state index in [0.717, 1.165) is 25.2 Å². The molecule has 0 aromatic carbocycles. The first kappa shape index (κ1) is 11.8. The van der Waals surface area contributed by atoms with Crippen LogP contribution in [0.5, 0.6) is 0 Å². The summed E-state index contributed by atoms with van der Waals surface area (Å²) >= 11 is 3.25. The highest BCUT2D eigenvalue weighted by molar-refractivity contribution is 9.10. The second-order valence-electron chi connectivity index (χ2n) is 4.11. The standard InChI is InChI=1S/C11H16BrN3O/c1-2-15-6-4-3-5-10(15)9-7-8(12)11(16)14-13-9/h7,10H,2-6H2,1H3,(H,14,16). The maximum Gasteiger partial charge on any atom is 0.278 e. The molecule has 1 fully saturated rings. The van der Waals surface area contributed by atoms with Crippen molar-refractivity contribution in [1.82, 2.24) is 15.1 Å². The number of aromatic amines is 1. The van der Waals surface area contributed by atoms with Crippen LogP contribution >= 0.6 is 15.9 Å². The first-order valence-electron chi connectivity index (χ1n) is 5.71. The summed E-state index contributed by atoms with van der Waals surface area (Å²) in [4.78, 5) is 13.6. The van der Waals surface area contributed by atoms with E-state index in [1.807, 2.05) is 6.07 Å². The number of hydrogen-bond donors (Lipinski definition) is 1. The molecular weight excluding hydrogens is 270 g/mol. The molecule has 1 saturated heterocycles. The number of nitrogens with one attached hydrogen (secondary N) is 1. The van der Waals surface area contributed by atoms with Crippen molar-refractivity contribution in [2.24, 2.45) is 0 Å². The lowest BCUT2D eigenvalue weighted by Gasteiger charge is -2.34. The molecule has 1 aromatic heterocycles. The minimum Gasteiger partial charge on any atom is -0.295 e. The Balaban J connectivity index is 2.27. The summed E-state index contributed by atoms with van der Waals surface area (Å²) < 4.78 is 0.569. The van der Waals surface area contributed by atoms with Crippen molar-refractivity contribution in [3.05, 3.63) is 26.6 Å². The fourth-order valence-electron chi connectivity index (χ4n) is 2.27. The Hall–Kier alpha value is -0.680. The van der Waals surface area contributed by atoms with Gasteiger partial charge in [-0.15, -0.1) is 0 Å². The van der Waals surface area contributed by atoms with Gasteiger partial charge < -0.3 is 0 Å². The normalized spacial score (nSPS) is 22.2. The molecule has 4 nitrogen and oxygen atoms in total. The van der Waals surface area contributed by atoms with Crippen LogP contribution in [0.25, 0.3) is 0 Å². The van der Waals surface area contributed by atoms with E-state index >= 15 is 0 Å². The van der Waals surface area contributed by atoms with Crippen molar-refractivity contribution in [2.75, 3.05) is 13.1 Å². The Morgan fingerprint density at radius 3 is 3.12 bits per heavy atom. The lowest BCUT2D eigenvalue weighted by atomic mass is 9.99. The summed E-state index contributed by atoms with van der Waals surface area (Å²) in [6.45, 7) is 4.32. The molecule has 0 radical (unpaired) electrons. The number of nitrogens with zero attached hydrogens (tertiary/aromatic N) is 2. The molecule has 1 aliphatic rings. The third kappa shape index (κ3) is 2.35. The van der Waals surface area contributed by atoms with Crippen LogP contribution in [0.15, 0.2) is 15.3 Å². The summed E-state index contributed by atoms with van der Waals surface area (Å²) in [7, 11) is 0. The molecule has 1 aromatic rings. The fraction of sp³-hybridized carbons (Fsp3) is 0.636. The molecule has 0 saturated carbocycles. The van der Waals surface area contributed by atoms with Crippen molar-refractivity contribution in [2.45, 2.75) is 32.2 Å². The third-order valence-electron chi connectivity index (χ3n) is 3.14. The number of aromatic nitrogens is 2. The van der Waals surface area contributed by atoms with Gasteiger partial charge in [-0.05, 0) is 47.9 Å². The van der Waals surface area contributed by atoms with Crippen LogP contribution in [-0.2, 0) is 0 Å². The first-order chi connectivity index (χ1) is 7.72. The predicted octanol–water partition coefficient (Wildman–Crippen LogP) is 2.08. The van der Waals surface area contributed by atoms with Gasteiger partial charge in [0.05, 0.1) is 16.2 Å². The van der Waals surface area contributed by atoms with Gasteiger partial charge in [-0.3, -0.25) is 9.69 Å². The zero-order valence-corrected chi connectivity index (χ0v) is 11.0. The number of halogens is 1. The van der Waals surface area contributed by atoms with Crippen LogP contribution < -0.4 is 5.56 Å². The van der Waals surface area contributed by atoms with Crippen molar-refractivity contribution in [3.63, 3.8) is 0 Å². The number of H-pyrrole nitrogens is 1. The number of rotatable bonds is 2. The topological polar surface area (TPSA) is 49.0 Å². The van der Waals surface area contributed by atoms with Crippen LogP contribution in [0.2, 0.25) is 0 Å². The van der Waals surface area contributed by atoms with Gasteiger partial charge >= 0.3 is 0 Å². The quantitative estimate of drug-likeness (QED) is 0.905. The highest BCUT2D eigenvalue weighted by atomic mass is 79.9. The third-order valence-corrected chi connectivity index (χ3v) is 3.73. The van der Waals surface area contributed by atoms with E-state index in [4.69, 9.17) is 0 Å². The molecule has 0 spiro atoms.